The molecule has 0 bridgehead atoms. The summed E-state index contributed by atoms with van der Waals surface area (Å²) in [4.78, 5) is 0.106. The van der Waals surface area contributed by atoms with E-state index in [0.29, 0.717) is 12.0 Å². The Morgan fingerprint density at radius 2 is 2.00 bits per heavy atom. The number of aliphatic hydroxyl groups is 1. The quantitative estimate of drug-likeness (QED) is 0.695. The van der Waals surface area contributed by atoms with Gasteiger partial charge in [0.05, 0.1) is 12.3 Å². The number of rotatable bonds is 5. The molecule has 0 spiro atoms. The Bertz CT molecular complexity index is 522. The molecule has 0 fully saturated rings. The topological polar surface area (TPSA) is 92.4 Å². The second-order valence-corrected chi connectivity index (χ2v) is 5.99. The number of hydrogen-bond acceptors (Lipinski definition) is 4. The Morgan fingerprint density at radius 3 is 2.50 bits per heavy atom. The minimum atomic E-state index is -3.70. The van der Waals surface area contributed by atoms with Gasteiger partial charge in [-0.15, -0.1) is 0 Å². The van der Waals surface area contributed by atoms with Gasteiger partial charge in [0.2, 0.25) is 10.0 Å². The van der Waals surface area contributed by atoms with E-state index in [0.717, 1.165) is 5.56 Å². The molecule has 4 N–H and O–H groups in total. The standard InChI is InChI=1S/C12H20N2O3S/c1-4-10(7-15)14-18(16,17)12-9(3)8(2)5-6-11(12)13/h5-6,10,14-15H,4,7,13H2,1-3H3/t10-/m0/s1. The summed E-state index contributed by atoms with van der Waals surface area (Å²) < 4.78 is 27.0. The first kappa shape index (κ1) is 14.9. The molecule has 0 saturated carbocycles. The van der Waals surface area contributed by atoms with Gasteiger partial charge < -0.3 is 10.8 Å². The van der Waals surface area contributed by atoms with Gasteiger partial charge >= 0.3 is 0 Å². The Labute approximate surface area is 108 Å². The maximum absolute atomic E-state index is 12.3. The number of nitrogens with two attached hydrogens (primary N) is 1. The van der Waals surface area contributed by atoms with Crippen molar-refractivity contribution in [2.45, 2.75) is 38.1 Å². The molecule has 1 aromatic carbocycles. The molecule has 1 aromatic rings. The van der Waals surface area contributed by atoms with E-state index in [1.54, 1.807) is 26.0 Å². The monoisotopic (exact) mass is 272 g/mol. The number of benzene rings is 1. The fourth-order valence-corrected chi connectivity index (χ4v) is 3.44. The smallest absolute Gasteiger partial charge is 0.243 e. The summed E-state index contributed by atoms with van der Waals surface area (Å²) in [5.41, 5.74) is 7.47. The minimum Gasteiger partial charge on any atom is -0.398 e. The molecule has 5 nitrogen and oxygen atoms in total. The molecule has 1 atom stereocenters. The van der Waals surface area contributed by atoms with Crippen molar-refractivity contribution in [1.29, 1.82) is 0 Å². The van der Waals surface area contributed by atoms with Crippen molar-refractivity contribution in [2.75, 3.05) is 12.3 Å². The van der Waals surface area contributed by atoms with E-state index < -0.39 is 16.1 Å². The number of hydrogen-bond donors (Lipinski definition) is 3. The molecule has 0 unspecified atom stereocenters. The first-order chi connectivity index (χ1) is 8.33. The van der Waals surface area contributed by atoms with Gasteiger partial charge in [-0.2, -0.15) is 0 Å². The van der Waals surface area contributed by atoms with Crippen LogP contribution in [-0.2, 0) is 10.0 Å². The molecule has 0 aliphatic rings. The first-order valence-electron chi connectivity index (χ1n) is 5.82. The summed E-state index contributed by atoms with van der Waals surface area (Å²) in [6, 6.07) is 2.87. The SMILES string of the molecule is CC[C@@H](CO)NS(=O)(=O)c1c(N)ccc(C)c1C. The van der Waals surface area contributed by atoms with E-state index in [9.17, 15) is 8.42 Å². The molecular weight excluding hydrogens is 252 g/mol. The molecule has 0 heterocycles. The Morgan fingerprint density at radius 1 is 1.39 bits per heavy atom. The van der Waals surface area contributed by atoms with Crippen LogP contribution in [-0.4, -0.2) is 26.2 Å². The maximum atomic E-state index is 12.3. The van der Waals surface area contributed by atoms with E-state index in [2.05, 4.69) is 4.72 Å². The molecule has 102 valence electrons. The fraction of sp³-hybridized carbons (Fsp3) is 0.500. The molecule has 0 aromatic heterocycles. The van der Waals surface area contributed by atoms with Gasteiger partial charge in [0.15, 0.2) is 0 Å². The molecule has 0 amide bonds. The van der Waals surface area contributed by atoms with Gasteiger partial charge in [-0.05, 0) is 37.5 Å². The van der Waals surface area contributed by atoms with E-state index in [4.69, 9.17) is 10.8 Å². The predicted octanol–water partition coefficient (Wildman–Crippen LogP) is 0.935. The van der Waals surface area contributed by atoms with Crippen LogP contribution >= 0.6 is 0 Å². The van der Waals surface area contributed by atoms with Crippen molar-refractivity contribution >= 4 is 15.7 Å². The van der Waals surface area contributed by atoms with Crippen molar-refractivity contribution in [3.8, 4) is 0 Å². The van der Waals surface area contributed by atoms with Crippen LogP contribution in [0.3, 0.4) is 0 Å². The summed E-state index contributed by atoms with van der Waals surface area (Å²) >= 11 is 0. The molecule has 0 aliphatic carbocycles. The molecule has 0 aliphatic heterocycles. The zero-order chi connectivity index (χ0) is 13.9. The van der Waals surface area contributed by atoms with Crippen molar-refractivity contribution in [3.63, 3.8) is 0 Å². The van der Waals surface area contributed by atoms with Gasteiger partial charge in [0.1, 0.15) is 4.90 Å². The summed E-state index contributed by atoms with van der Waals surface area (Å²) in [6.07, 6.45) is 0.514. The summed E-state index contributed by atoms with van der Waals surface area (Å²) in [7, 11) is -3.70. The van der Waals surface area contributed by atoms with Crippen molar-refractivity contribution in [1.82, 2.24) is 4.72 Å². The highest BCUT2D eigenvalue weighted by Gasteiger charge is 2.23. The summed E-state index contributed by atoms with van der Waals surface area (Å²) in [6.45, 7) is 5.12. The molecule has 1 rings (SSSR count). The van der Waals surface area contributed by atoms with Crippen LogP contribution < -0.4 is 10.5 Å². The Balaban J connectivity index is 3.25. The lowest BCUT2D eigenvalue weighted by Gasteiger charge is -2.17. The largest absolute Gasteiger partial charge is 0.398 e. The Kier molecular flexibility index (Phi) is 4.72. The number of nitrogen functional groups attached to an aromatic ring is 1. The highest BCUT2D eigenvalue weighted by molar-refractivity contribution is 7.89. The van der Waals surface area contributed by atoms with Gasteiger partial charge in [-0.3, -0.25) is 0 Å². The van der Waals surface area contributed by atoms with Crippen LogP contribution in [0.5, 0.6) is 0 Å². The third-order valence-corrected chi connectivity index (χ3v) is 4.73. The number of aliphatic hydroxyl groups excluding tert-OH is 1. The van der Waals surface area contributed by atoms with Crippen LogP contribution in [0.2, 0.25) is 0 Å². The van der Waals surface area contributed by atoms with E-state index in [-0.39, 0.29) is 17.2 Å². The fourth-order valence-electron chi connectivity index (χ4n) is 1.70. The molecule has 18 heavy (non-hydrogen) atoms. The van der Waals surface area contributed by atoms with Crippen LogP contribution in [0, 0.1) is 13.8 Å². The van der Waals surface area contributed by atoms with Gasteiger partial charge in [-0.1, -0.05) is 13.0 Å². The van der Waals surface area contributed by atoms with Crippen LogP contribution in [0.15, 0.2) is 17.0 Å². The normalized spacial score (nSPS) is 13.6. The summed E-state index contributed by atoms with van der Waals surface area (Å²) in [5, 5.41) is 9.07. The third kappa shape index (κ3) is 3.01. The van der Waals surface area contributed by atoms with Gasteiger partial charge in [0.25, 0.3) is 0 Å². The Hall–Kier alpha value is -1.11. The third-order valence-electron chi connectivity index (χ3n) is 3.01. The first-order valence-corrected chi connectivity index (χ1v) is 7.30. The lowest BCUT2D eigenvalue weighted by atomic mass is 10.1. The zero-order valence-electron chi connectivity index (χ0n) is 10.9. The highest BCUT2D eigenvalue weighted by atomic mass is 32.2. The average Bonchev–Trinajstić information content (AvgIpc) is 2.31. The van der Waals surface area contributed by atoms with Crippen molar-refractivity contribution < 1.29 is 13.5 Å². The number of sulfonamides is 1. The zero-order valence-corrected chi connectivity index (χ0v) is 11.7. The molecular formula is C12H20N2O3S. The second-order valence-electron chi connectivity index (χ2n) is 4.33. The van der Waals surface area contributed by atoms with E-state index in [1.165, 1.54) is 0 Å². The van der Waals surface area contributed by atoms with Gasteiger partial charge in [0, 0.05) is 6.04 Å². The van der Waals surface area contributed by atoms with Gasteiger partial charge in [-0.25, -0.2) is 13.1 Å². The second kappa shape index (κ2) is 5.69. The van der Waals surface area contributed by atoms with Crippen LogP contribution in [0.25, 0.3) is 0 Å². The molecule has 6 heteroatoms. The number of aryl methyl sites for hydroxylation is 1. The molecule has 0 radical (unpaired) electrons. The van der Waals surface area contributed by atoms with E-state index >= 15 is 0 Å². The lowest BCUT2D eigenvalue weighted by Crippen LogP contribution is -2.37. The van der Waals surface area contributed by atoms with E-state index in [1.807, 2.05) is 6.92 Å². The van der Waals surface area contributed by atoms with Crippen LogP contribution in [0.1, 0.15) is 24.5 Å². The minimum absolute atomic E-state index is 0.106. The maximum Gasteiger partial charge on any atom is 0.243 e. The van der Waals surface area contributed by atoms with Crippen molar-refractivity contribution in [2.24, 2.45) is 0 Å². The molecule has 0 saturated heterocycles. The average molecular weight is 272 g/mol. The highest BCUT2D eigenvalue weighted by Crippen LogP contribution is 2.25. The summed E-state index contributed by atoms with van der Waals surface area (Å²) in [5.74, 6) is 0. The van der Waals surface area contributed by atoms with Crippen molar-refractivity contribution in [3.05, 3.63) is 23.3 Å². The lowest BCUT2D eigenvalue weighted by molar-refractivity contribution is 0.254. The predicted molar refractivity (Wildman–Crippen MR) is 71.8 cm³/mol. The van der Waals surface area contributed by atoms with Crippen LogP contribution in [0.4, 0.5) is 5.69 Å². The number of nitrogens with one attached hydrogen (secondary N) is 1. The number of anilines is 1.